The number of nitrogens with one attached hydrogen (secondary N) is 3. The van der Waals surface area contributed by atoms with Crippen LogP contribution < -0.4 is 15.3 Å². The van der Waals surface area contributed by atoms with Gasteiger partial charge in [0.25, 0.3) is 0 Å². The van der Waals surface area contributed by atoms with Gasteiger partial charge in [0.05, 0.1) is 22.8 Å². The van der Waals surface area contributed by atoms with Gasteiger partial charge in [0.15, 0.2) is 0 Å². The van der Waals surface area contributed by atoms with Crippen molar-refractivity contribution in [3.05, 3.63) is 94.8 Å². The number of nitrogens with zero attached hydrogens (tertiary/aromatic N) is 4. The van der Waals surface area contributed by atoms with Gasteiger partial charge in [-0.05, 0) is 91.5 Å². The fourth-order valence-electron chi connectivity index (χ4n) is 4.88. The highest BCUT2D eigenvalue weighted by Crippen LogP contribution is 2.31. The van der Waals surface area contributed by atoms with Crippen LogP contribution in [-0.2, 0) is 13.1 Å². The first-order valence-electron chi connectivity index (χ1n) is 13.5. The number of H-pyrrole nitrogens is 2. The normalized spacial score (nSPS) is 13.0. The van der Waals surface area contributed by atoms with Gasteiger partial charge in [-0.3, -0.25) is 19.8 Å². The Hall–Kier alpha value is -4.31. The van der Waals surface area contributed by atoms with Crippen LogP contribution in [-0.4, -0.2) is 62.1 Å². The van der Waals surface area contributed by atoms with Crippen molar-refractivity contribution >= 4 is 49.8 Å². The molecule has 0 radical (unpaired) electrons. The van der Waals surface area contributed by atoms with E-state index in [1.165, 1.54) is 12.1 Å². The fraction of sp³-hybridized carbons (Fsp3) is 0.182. The molecule has 42 heavy (non-hydrogen) atoms. The number of hydrogen-bond donors (Lipinski definition) is 3. The predicted octanol–water partition coefficient (Wildman–Crippen LogP) is 4.81. The number of fused-ring (bicyclic) bond motifs is 1. The molecule has 0 unspecified atom stereocenters. The van der Waals surface area contributed by atoms with Crippen molar-refractivity contribution in [1.29, 1.82) is 0 Å². The summed E-state index contributed by atoms with van der Waals surface area (Å²) in [5, 5.41) is 10.5. The third-order valence-electron chi connectivity index (χ3n) is 6.80. The molecule has 3 N–H and O–H groups in total. The zero-order chi connectivity index (χ0) is 30.0. The molecular weight excluding hydrogens is 545 g/mol. The summed E-state index contributed by atoms with van der Waals surface area (Å²) in [5.41, 5.74) is 7.67. The summed E-state index contributed by atoms with van der Waals surface area (Å²) in [6.07, 6.45) is 13.2. The highest BCUT2D eigenvalue weighted by Gasteiger charge is 2.14. The van der Waals surface area contributed by atoms with Gasteiger partial charge in [-0.25, -0.2) is 4.39 Å². The molecule has 0 aliphatic heterocycles. The first-order valence-corrected chi connectivity index (χ1v) is 15.8. The van der Waals surface area contributed by atoms with E-state index in [2.05, 4.69) is 59.2 Å². The van der Waals surface area contributed by atoms with E-state index >= 15 is 0 Å². The zero-order valence-corrected chi connectivity index (χ0v) is 25.3. The highest BCUT2D eigenvalue weighted by molar-refractivity contribution is 8.25. The lowest BCUT2D eigenvalue weighted by Crippen LogP contribution is -2.23. The molecule has 9 heteroatoms. The van der Waals surface area contributed by atoms with Crippen molar-refractivity contribution in [2.24, 2.45) is 0 Å². The summed E-state index contributed by atoms with van der Waals surface area (Å²) in [6, 6.07) is 9.20. The third-order valence-corrected chi connectivity index (χ3v) is 7.64. The lowest BCUT2D eigenvalue weighted by Gasteiger charge is -2.12. The molecule has 0 atom stereocenters. The van der Waals surface area contributed by atoms with Crippen LogP contribution in [0.15, 0.2) is 61.7 Å². The number of aromatic nitrogens is 5. The summed E-state index contributed by atoms with van der Waals surface area (Å²) < 4.78 is 18.0. The van der Waals surface area contributed by atoms with E-state index in [1.54, 1.807) is 12.4 Å². The largest absolute Gasteiger partial charge is 0.352 e. The van der Waals surface area contributed by atoms with Crippen molar-refractivity contribution in [2.75, 3.05) is 20.4 Å². The molecule has 1 aromatic carbocycles. The van der Waals surface area contributed by atoms with E-state index < -0.39 is 9.39 Å². The predicted molar refractivity (Wildman–Crippen MR) is 178 cm³/mol. The lowest BCUT2D eigenvalue weighted by molar-refractivity contribution is 0.402. The molecule has 0 aliphatic carbocycles. The summed E-state index contributed by atoms with van der Waals surface area (Å²) in [5.74, 6) is 7.80. The van der Waals surface area contributed by atoms with Gasteiger partial charge in [0.2, 0.25) is 0 Å². The molecule has 4 heterocycles. The Morgan fingerprint density at radius 2 is 1.83 bits per heavy atom. The van der Waals surface area contributed by atoms with Crippen molar-refractivity contribution in [1.82, 2.24) is 34.8 Å². The minimum absolute atomic E-state index is 0.308. The quantitative estimate of drug-likeness (QED) is 0.218. The van der Waals surface area contributed by atoms with Crippen LogP contribution in [0.1, 0.15) is 23.6 Å². The Balaban J connectivity index is 1.57. The van der Waals surface area contributed by atoms with Crippen molar-refractivity contribution in [3.63, 3.8) is 0 Å². The first-order chi connectivity index (χ1) is 20.0. The van der Waals surface area contributed by atoms with Gasteiger partial charge in [-0.2, -0.15) is 14.5 Å². The van der Waals surface area contributed by atoms with Gasteiger partial charge in [-0.15, -0.1) is 0 Å². The Bertz CT molecular complexity index is 2020. The third kappa shape index (κ3) is 6.60. The van der Waals surface area contributed by atoms with Gasteiger partial charge < -0.3 is 9.88 Å². The molecule has 7 nitrogen and oxygen atoms in total. The summed E-state index contributed by atoms with van der Waals surface area (Å²) in [4.78, 5) is 14.5. The standard InChI is InChI=1S/C33H36FN7S/c1-8-30-28(9-21(2)25-11-23(15-35-17-25)20-41(3)4)33(40-39-30)31-14-27-29(18-36-19-32(27)38-31)24-10-22(12-26(34)13-24)16-37-42(5,6)7/h8-15,17-19,37-39H,2,5-6,16,20H2,1,3-4,7H3/b28-9+,30-8+. The van der Waals surface area contributed by atoms with Gasteiger partial charge in [0, 0.05) is 47.8 Å². The van der Waals surface area contributed by atoms with Gasteiger partial charge in [-0.1, -0.05) is 24.4 Å². The minimum atomic E-state index is -1.43. The molecule has 0 bridgehead atoms. The molecular formula is C33H36FN7S. The molecule has 4 aromatic heterocycles. The van der Waals surface area contributed by atoms with E-state index in [9.17, 15) is 4.39 Å². The lowest BCUT2D eigenvalue weighted by atomic mass is 10.0. The second-order valence-corrected chi connectivity index (χ2v) is 13.8. The topological polar surface area (TPSA) is 85.5 Å². The first kappa shape index (κ1) is 29.2. The van der Waals surface area contributed by atoms with E-state index in [0.717, 1.165) is 72.8 Å². The van der Waals surface area contributed by atoms with Gasteiger partial charge in [0.1, 0.15) is 11.5 Å². The average molecular weight is 582 g/mol. The molecule has 216 valence electrons. The Labute approximate surface area is 246 Å². The summed E-state index contributed by atoms with van der Waals surface area (Å²) in [7, 11) is 2.63. The van der Waals surface area contributed by atoms with Crippen LogP contribution in [0.2, 0.25) is 0 Å². The molecule has 0 aliphatic rings. The zero-order valence-electron chi connectivity index (χ0n) is 24.5. The molecule has 0 saturated carbocycles. The minimum Gasteiger partial charge on any atom is -0.352 e. The Morgan fingerprint density at radius 3 is 2.57 bits per heavy atom. The van der Waals surface area contributed by atoms with Crippen LogP contribution in [0.5, 0.6) is 0 Å². The number of halogens is 1. The van der Waals surface area contributed by atoms with Crippen molar-refractivity contribution in [3.8, 4) is 22.5 Å². The number of allylic oxidation sites excluding steroid dienone is 1. The Morgan fingerprint density at radius 1 is 1.05 bits per heavy atom. The van der Waals surface area contributed by atoms with Crippen LogP contribution in [0.25, 0.3) is 51.1 Å². The number of hydrogen-bond acceptors (Lipinski definition) is 5. The number of aromatic amines is 2. The Kier molecular flexibility index (Phi) is 8.27. The SMILES string of the molecule is C=C(/C=c1/c(-c2cc3c(-c4cc(F)cc(CNS(=C)(=C)C)c4)cncc3[nH]2)n[nH]/c1=C/C)c1cncc(CN(C)C)c1. The summed E-state index contributed by atoms with van der Waals surface area (Å²) in [6.45, 7) is 7.58. The maximum atomic E-state index is 14.7. The number of rotatable bonds is 9. The average Bonchev–Trinajstić information content (AvgIpc) is 3.54. The molecule has 0 saturated heterocycles. The van der Waals surface area contributed by atoms with E-state index in [-0.39, 0.29) is 5.82 Å². The molecule has 5 rings (SSSR count). The van der Waals surface area contributed by atoms with E-state index in [1.807, 2.05) is 64.0 Å². The number of benzene rings is 1. The van der Waals surface area contributed by atoms with E-state index in [0.29, 0.717) is 6.54 Å². The molecule has 0 spiro atoms. The maximum Gasteiger partial charge on any atom is 0.124 e. The smallest absolute Gasteiger partial charge is 0.124 e. The number of pyridine rings is 2. The monoisotopic (exact) mass is 581 g/mol. The molecule has 5 aromatic rings. The fourth-order valence-corrected chi connectivity index (χ4v) is 5.40. The van der Waals surface area contributed by atoms with Crippen LogP contribution in [0.4, 0.5) is 4.39 Å². The second kappa shape index (κ2) is 11.9. The summed E-state index contributed by atoms with van der Waals surface area (Å²) >= 11 is 0. The van der Waals surface area contributed by atoms with Crippen molar-refractivity contribution < 1.29 is 4.39 Å². The van der Waals surface area contributed by atoms with Gasteiger partial charge >= 0.3 is 0 Å². The highest BCUT2D eigenvalue weighted by atomic mass is 32.2. The molecule has 0 amide bonds. The second-order valence-electron chi connectivity index (χ2n) is 11.0. The molecule has 0 fully saturated rings. The van der Waals surface area contributed by atoms with Crippen LogP contribution >= 0.6 is 9.39 Å². The maximum absolute atomic E-state index is 14.7. The van der Waals surface area contributed by atoms with E-state index in [4.69, 9.17) is 0 Å². The van der Waals surface area contributed by atoms with Crippen LogP contribution in [0.3, 0.4) is 0 Å². The van der Waals surface area contributed by atoms with Crippen LogP contribution in [0, 0.1) is 5.82 Å². The van der Waals surface area contributed by atoms with Crippen molar-refractivity contribution in [2.45, 2.75) is 20.0 Å².